The second-order valence-corrected chi connectivity index (χ2v) is 6.60. The van der Waals surface area contributed by atoms with Crippen LogP contribution in [0.5, 0.6) is 0 Å². The molecule has 1 aromatic carbocycles. The first-order chi connectivity index (χ1) is 8.99. The highest BCUT2D eigenvalue weighted by atomic mass is 32.2. The fraction of sp³-hybridized carbons (Fsp3) is 0.286. The van der Waals surface area contributed by atoms with E-state index in [0.717, 1.165) is 6.07 Å². The van der Waals surface area contributed by atoms with Gasteiger partial charge in [0.1, 0.15) is 0 Å². The van der Waals surface area contributed by atoms with Crippen molar-refractivity contribution >= 4 is 23.1 Å². The van der Waals surface area contributed by atoms with Crippen LogP contribution in [0.25, 0.3) is 0 Å². The van der Waals surface area contributed by atoms with Gasteiger partial charge in [0.2, 0.25) is 0 Å². The summed E-state index contributed by atoms with van der Waals surface area (Å²) in [5.74, 6) is -1.65. The summed E-state index contributed by atoms with van der Waals surface area (Å²) in [6, 6.07) is 5.92. The van der Waals surface area contributed by atoms with Crippen LogP contribution in [0.4, 0.5) is 8.78 Å². The van der Waals surface area contributed by atoms with E-state index in [-0.39, 0.29) is 11.3 Å². The molecule has 0 saturated carbocycles. The highest BCUT2D eigenvalue weighted by molar-refractivity contribution is 7.99. The minimum absolute atomic E-state index is 0.0462. The first-order valence-corrected chi connectivity index (χ1v) is 7.66. The molecule has 19 heavy (non-hydrogen) atoms. The second kappa shape index (κ2) is 6.03. The molecule has 0 fully saturated rings. The van der Waals surface area contributed by atoms with Gasteiger partial charge in [-0.2, -0.15) is 0 Å². The lowest BCUT2D eigenvalue weighted by atomic mass is 10.1. The van der Waals surface area contributed by atoms with Gasteiger partial charge in [-0.1, -0.05) is 0 Å². The molecule has 1 heterocycles. The van der Waals surface area contributed by atoms with Crippen LogP contribution in [-0.2, 0) is 0 Å². The Kier molecular flexibility index (Phi) is 4.60. The Labute approximate surface area is 119 Å². The van der Waals surface area contributed by atoms with E-state index >= 15 is 0 Å². The van der Waals surface area contributed by atoms with E-state index in [1.807, 2.05) is 25.3 Å². The number of thioether (sulfide) groups is 1. The average molecular weight is 299 g/mol. The van der Waals surface area contributed by atoms with Gasteiger partial charge < -0.3 is 5.73 Å². The maximum Gasteiger partial charge on any atom is 0.159 e. The van der Waals surface area contributed by atoms with Crippen LogP contribution in [0.15, 0.2) is 34.5 Å². The van der Waals surface area contributed by atoms with E-state index in [2.05, 4.69) is 0 Å². The van der Waals surface area contributed by atoms with Gasteiger partial charge in [0, 0.05) is 15.8 Å². The molecule has 0 radical (unpaired) electrons. The lowest BCUT2D eigenvalue weighted by Gasteiger charge is -2.20. The zero-order chi connectivity index (χ0) is 14.0. The van der Waals surface area contributed by atoms with E-state index < -0.39 is 11.6 Å². The van der Waals surface area contributed by atoms with Crippen molar-refractivity contribution in [1.82, 2.24) is 0 Å². The quantitative estimate of drug-likeness (QED) is 0.840. The van der Waals surface area contributed by atoms with E-state index in [1.54, 1.807) is 17.4 Å². The van der Waals surface area contributed by atoms with E-state index in [1.165, 1.54) is 28.3 Å². The predicted molar refractivity (Wildman–Crippen MR) is 77.7 cm³/mol. The number of rotatable bonds is 4. The molecular weight excluding hydrogens is 284 g/mol. The molecule has 1 nitrogen and oxygen atoms in total. The summed E-state index contributed by atoms with van der Waals surface area (Å²) in [4.78, 5) is 1.87. The van der Waals surface area contributed by atoms with Crippen LogP contribution in [0, 0.1) is 18.6 Å². The molecule has 0 spiro atoms. The highest BCUT2D eigenvalue weighted by Crippen LogP contribution is 2.41. The first kappa shape index (κ1) is 14.5. The zero-order valence-corrected chi connectivity index (χ0v) is 12.3. The van der Waals surface area contributed by atoms with Crippen molar-refractivity contribution in [2.75, 3.05) is 0 Å². The Morgan fingerprint density at radius 1 is 1.21 bits per heavy atom. The van der Waals surface area contributed by atoms with Crippen LogP contribution in [-0.4, -0.2) is 6.04 Å². The van der Waals surface area contributed by atoms with Crippen molar-refractivity contribution in [3.05, 3.63) is 51.7 Å². The van der Waals surface area contributed by atoms with Gasteiger partial charge in [-0.25, -0.2) is 8.78 Å². The van der Waals surface area contributed by atoms with Crippen molar-refractivity contribution in [2.24, 2.45) is 5.73 Å². The number of aryl methyl sites for hydroxylation is 1. The van der Waals surface area contributed by atoms with Crippen molar-refractivity contribution < 1.29 is 8.78 Å². The standard InChI is InChI=1S/C14H15F2NS2/c1-8-5-6-18-13(8)14(9(2)17)19-10-3-4-11(15)12(16)7-10/h3-7,9,14H,17H2,1-2H3. The number of halogens is 2. The van der Waals surface area contributed by atoms with Gasteiger partial charge in [-0.15, -0.1) is 23.1 Å². The third kappa shape index (κ3) is 3.35. The molecule has 0 aliphatic rings. The molecule has 0 amide bonds. The number of hydrogen-bond donors (Lipinski definition) is 1. The Bertz CT molecular complexity index is 566. The lowest BCUT2D eigenvalue weighted by Crippen LogP contribution is -2.22. The van der Waals surface area contributed by atoms with Crippen molar-refractivity contribution in [3.8, 4) is 0 Å². The molecule has 0 aliphatic carbocycles. The van der Waals surface area contributed by atoms with Crippen molar-refractivity contribution in [1.29, 1.82) is 0 Å². The highest BCUT2D eigenvalue weighted by Gasteiger charge is 2.21. The lowest BCUT2D eigenvalue weighted by molar-refractivity contribution is 0.506. The molecule has 0 saturated heterocycles. The maximum absolute atomic E-state index is 13.2. The maximum atomic E-state index is 13.2. The molecule has 0 bridgehead atoms. The predicted octanol–water partition coefficient (Wildman–Crippen LogP) is 4.52. The Balaban J connectivity index is 2.27. The second-order valence-electron chi connectivity index (χ2n) is 4.44. The molecule has 2 atom stereocenters. The third-order valence-electron chi connectivity index (χ3n) is 2.79. The molecule has 1 aromatic heterocycles. The van der Waals surface area contributed by atoms with Gasteiger partial charge in [-0.3, -0.25) is 0 Å². The largest absolute Gasteiger partial charge is 0.327 e. The van der Waals surface area contributed by atoms with E-state index in [0.29, 0.717) is 4.90 Å². The Morgan fingerprint density at radius 2 is 1.95 bits per heavy atom. The van der Waals surface area contributed by atoms with Crippen LogP contribution in [0.2, 0.25) is 0 Å². The van der Waals surface area contributed by atoms with Crippen molar-refractivity contribution in [3.63, 3.8) is 0 Å². The van der Waals surface area contributed by atoms with Crippen LogP contribution in [0.3, 0.4) is 0 Å². The summed E-state index contributed by atoms with van der Waals surface area (Å²) < 4.78 is 26.2. The molecule has 2 unspecified atom stereocenters. The van der Waals surface area contributed by atoms with Gasteiger partial charge >= 0.3 is 0 Å². The summed E-state index contributed by atoms with van der Waals surface area (Å²) in [5, 5.41) is 2.07. The summed E-state index contributed by atoms with van der Waals surface area (Å²) in [6.07, 6.45) is 0. The number of benzene rings is 1. The van der Waals surface area contributed by atoms with E-state index in [4.69, 9.17) is 5.73 Å². The summed E-state index contributed by atoms with van der Waals surface area (Å²) in [6.45, 7) is 3.96. The zero-order valence-electron chi connectivity index (χ0n) is 10.7. The van der Waals surface area contributed by atoms with Crippen LogP contribution in [0.1, 0.15) is 22.6 Å². The average Bonchev–Trinajstić information content (AvgIpc) is 2.76. The molecule has 2 N–H and O–H groups in total. The van der Waals surface area contributed by atoms with Gasteiger partial charge in [0.05, 0.1) is 5.25 Å². The molecule has 5 heteroatoms. The minimum Gasteiger partial charge on any atom is -0.327 e. The molecule has 2 rings (SSSR count). The fourth-order valence-corrected chi connectivity index (χ4v) is 4.22. The fourth-order valence-electron chi connectivity index (χ4n) is 1.77. The summed E-state index contributed by atoms with van der Waals surface area (Å²) in [5.41, 5.74) is 7.21. The summed E-state index contributed by atoms with van der Waals surface area (Å²) in [7, 11) is 0. The summed E-state index contributed by atoms with van der Waals surface area (Å²) >= 11 is 3.11. The monoisotopic (exact) mass is 299 g/mol. The Morgan fingerprint density at radius 3 is 2.47 bits per heavy atom. The number of nitrogens with two attached hydrogens (primary N) is 1. The smallest absolute Gasteiger partial charge is 0.159 e. The topological polar surface area (TPSA) is 26.0 Å². The van der Waals surface area contributed by atoms with Crippen LogP contribution < -0.4 is 5.73 Å². The molecule has 2 aromatic rings. The number of thiophene rings is 1. The first-order valence-electron chi connectivity index (χ1n) is 5.90. The SMILES string of the molecule is Cc1ccsc1C(Sc1ccc(F)c(F)c1)C(C)N. The molecule has 102 valence electrons. The van der Waals surface area contributed by atoms with E-state index in [9.17, 15) is 8.78 Å². The molecular formula is C14H15F2NS2. The normalized spacial score (nSPS) is 14.4. The van der Waals surface area contributed by atoms with Gasteiger partial charge in [-0.05, 0) is 49.1 Å². The molecule has 0 aliphatic heterocycles. The third-order valence-corrected chi connectivity index (χ3v) is 5.49. The number of hydrogen-bond acceptors (Lipinski definition) is 3. The van der Waals surface area contributed by atoms with Gasteiger partial charge in [0.25, 0.3) is 0 Å². The van der Waals surface area contributed by atoms with Crippen molar-refractivity contribution in [2.45, 2.75) is 30.0 Å². The Hall–Kier alpha value is -0.910. The van der Waals surface area contributed by atoms with Gasteiger partial charge in [0.15, 0.2) is 11.6 Å². The minimum atomic E-state index is -0.825. The van der Waals surface area contributed by atoms with Crippen LogP contribution >= 0.6 is 23.1 Å².